The van der Waals surface area contributed by atoms with E-state index in [9.17, 15) is 4.79 Å². The first-order valence-electron chi connectivity index (χ1n) is 5.78. The summed E-state index contributed by atoms with van der Waals surface area (Å²) in [6, 6.07) is 10.4. The van der Waals surface area contributed by atoms with Crippen LogP contribution in [0, 0.1) is 0 Å². The van der Waals surface area contributed by atoms with Crippen molar-refractivity contribution in [3.63, 3.8) is 0 Å². The van der Waals surface area contributed by atoms with Gasteiger partial charge in [0.15, 0.2) is 6.10 Å². The van der Waals surface area contributed by atoms with Crippen molar-refractivity contribution in [2.45, 2.75) is 13.0 Å². The van der Waals surface area contributed by atoms with Gasteiger partial charge in [0, 0.05) is 11.2 Å². The maximum atomic E-state index is 11.9. The molecule has 2 rings (SSSR count). The summed E-state index contributed by atoms with van der Waals surface area (Å²) in [5.41, 5.74) is 0.633. The highest BCUT2D eigenvalue weighted by molar-refractivity contribution is 6.30. The molecule has 1 unspecified atom stereocenters. The number of carbonyl (C=O) groups excluding carboxylic acids is 1. The number of aromatic nitrogens is 1. The maximum absolute atomic E-state index is 11.9. The van der Waals surface area contributed by atoms with E-state index in [0.717, 1.165) is 0 Å². The SMILES string of the molecule is CC(Oc1cccc(Cl)c1)C(=O)Nc1cccnc1. The second kappa shape index (κ2) is 6.20. The number of ether oxygens (including phenoxy) is 1. The van der Waals surface area contributed by atoms with Gasteiger partial charge in [0.05, 0.1) is 11.9 Å². The van der Waals surface area contributed by atoms with E-state index in [-0.39, 0.29) is 5.91 Å². The molecule has 0 aliphatic heterocycles. The first-order valence-corrected chi connectivity index (χ1v) is 6.16. The smallest absolute Gasteiger partial charge is 0.265 e. The number of pyridine rings is 1. The van der Waals surface area contributed by atoms with Gasteiger partial charge >= 0.3 is 0 Å². The topological polar surface area (TPSA) is 51.2 Å². The van der Waals surface area contributed by atoms with Crippen molar-refractivity contribution in [3.05, 3.63) is 53.8 Å². The number of rotatable bonds is 4. The number of carbonyl (C=O) groups is 1. The molecule has 1 atom stereocenters. The van der Waals surface area contributed by atoms with Crippen LogP contribution in [0.3, 0.4) is 0 Å². The molecule has 0 spiro atoms. The van der Waals surface area contributed by atoms with Gasteiger partial charge in [-0.25, -0.2) is 0 Å². The second-order valence-electron chi connectivity index (χ2n) is 3.95. The minimum Gasteiger partial charge on any atom is -0.481 e. The molecule has 1 N–H and O–H groups in total. The highest BCUT2D eigenvalue weighted by Crippen LogP contribution is 2.18. The molecular weight excluding hydrogens is 264 g/mol. The predicted octanol–water partition coefficient (Wildman–Crippen LogP) is 3.14. The molecule has 1 aromatic carbocycles. The summed E-state index contributed by atoms with van der Waals surface area (Å²) in [5.74, 6) is 0.314. The molecule has 0 saturated carbocycles. The largest absolute Gasteiger partial charge is 0.481 e. The molecule has 5 heteroatoms. The van der Waals surface area contributed by atoms with Crippen molar-refractivity contribution in [3.8, 4) is 5.75 Å². The van der Waals surface area contributed by atoms with Crippen LogP contribution >= 0.6 is 11.6 Å². The average Bonchev–Trinajstić information content (AvgIpc) is 2.40. The number of anilines is 1. The summed E-state index contributed by atoms with van der Waals surface area (Å²) in [4.78, 5) is 15.8. The number of nitrogens with zero attached hydrogens (tertiary/aromatic N) is 1. The Hall–Kier alpha value is -2.07. The maximum Gasteiger partial charge on any atom is 0.265 e. The van der Waals surface area contributed by atoms with Crippen LogP contribution in [-0.4, -0.2) is 17.0 Å². The van der Waals surface area contributed by atoms with Crippen molar-refractivity contribution in [2.75, 3.05) is 5.32 Å². The van der Waals surface area contributed by atoms with E-state index in [4.69, 9.17) is 16.3 Å². The molecule has 0 saturated heterocycles. The zero-order valence-electron chi connectivity index (χ0n) is 10.3. The fourth-order valence-electron chi connectivity index (χ4n) is 1.48. The molecule has 4 nitrogen and oxygen atoms in total. The quantitative estimate of drug-likeness (QED) is 0.933. The number of nitrogens with one attached hydrogen (secondary N) is 1. The van der Waals surface area contributed by atoms with Crippen LogP contribution in [0.25, 0.3) is 0 Å². The Kier molecular flexibility index (Phi) is 4.36. The molecule has 1 heterocycles. The van der Waals surface area contributed by atoms with Crippen LogP contribution in [0.15, 0.2) is 48.8 Å². The van der Waals surface area contributed by atoms with Crippen LogP contribution in [-0.2, 0) is 4.79 Å². The van der Waals surface area contributed by atoms with Crippen LogP contribution in [0.4, 0.5) is 5.69 Å². The number of halogens is 1. The van der Waals surface area contributed by atoms with Crippen molar-refractivity contribution >= 4 is 23.2 Å². The van der Waals surface area contributed by atoms with E-state index in [1.54, 1.807) is 55.7 Å². The zero-order valence-corrected chi connectivity index (χ0v) is 11.1. The summed E-state index contributed by atoms with van der Waals surface area (Å²) in [6.45, 7) is 1.67. The van der Waals surface area contributed by atoms with E-state index < -0.39 is 6.10 Å². The van der Waals surface area contributed by atoms with Gasteiger partial charge in [-0.3, -0.25) is 9.78 Å². The number of benzene rings is 1. The minimum atomic E-state index is -0.626. The third-order valence-electron chi connectivity index (χ3n) is 2.41. The Labute approximate surface area is 116 Å². The molecule has 0 radical (unpaired) electrons. The fourth-order valence-corrected chi connectivity index (χ4v) is 1.66. The van der Waals surface area contributed by atoms with Gasteiger partial charge in [-0.2, -0.15) is 0 Å². The first-order chi connectivity index (χ1) is 9.15. The second-order valence-corrected chi connectivity index (χ2v) is 4.38. The van der Waals surface area contributed by atoms with Crippen LogP contribution in [0.5, 0.6) is 5.75 Å². The van der Waals surface area contributed by atoms with Gasteiger partial charge in [0.1, 0.15) is 5.75 Å². The van der Waals surface area contributed by atoms with E-state index >= 15 is 0 Å². The number of amides is 1. The Balaban J connectivity index is 1.96. The standard InChI is InChI=1S/C14H13ClN2O2/c1-10(19-13-6-2-4-11(15)8-13)14(18)17-12-5-3-7-16-9-12/h2-10H,1H3,(H,17,18). The van der Waals surface area contributed by atoms with Gasteiger partial charge in [-0.1, -0.05) is 17.7 Å². The Morgan fingerprint density at radius 2 is 2.21 bits per heavy atom. The molecule has 98 valence electrons. The lowest BCUT2D eigenvalue weighted by atomic mass is 10.3. The lowest BCUT2D eigenvalue weighted by molar-refractivity contribution is -0.122. The summed E-state index contributed by atoms with van der Waals surface area (Å²) in [6.07, 6.45) is 2.59. The van der Waals surface area contributed by atoms with Gasteiger partial charge in [0.25, 0.3) is 5.91 Å². The molecule has 2 aromatic rings. The van der Waals surface area contributed by atoms with Crippen molar-refractivity contribution < 1.29 is 9.53 Å². The molecular formula is C14H13ClN2O2. The van der Waals surface area contributed by atoms with E-state index in [1.807, 2.05) is 0 Å². The average molecular weight is 277 g/mol. The van der Waals surface area contributed by atoms with Gasteiger partial charge in [0.2, 0.25) is 0 Å². The Bertz CT molecular complexity index is 560. The molecule has 1 amide bonds. The molecule has 0 bridgehead atoms. The minimum absolute atomic E-state index is 0.243. The van der Waals surface area contributed by atoms with Crippen molar-refractivity contribution in [1.29, 1.82) is 0 Å². The monoisotopic (exact) mass is 276 g/mol. The predicted molar refractivity (Wildman–Crippen MR) is 74.4 cm³/mol. The fraction of sp³-hybridized carbons (Fsp3) is 0.143. The summed E-state index contributed by atoms with van der Waals surface area (Å²) < 4.78 is 5.51. The van der Waals surface area contributed by atoms with Gasteiger partial charge in [-0.05, 0) is 37.3 Å². The zero-order chi connectivity index (χ0) is 13.7. The lowest BCUT2D eigenvalue weighted by Crippen LogP contribution is -2.30. The molecule has 1 aromatic heterocycles. The molecule has 19 heavy (non-hydrogen) atoms. The normalized spacial score (nSPS) is 11.7. The Morgan fingerprint density at radius 3 is 2.89 bits per heavy atom. The van der Waals surface area contributed by atoms with E-state index in [2.05, 4.69) is 10.3 Å². The third-order valence-corrected chi connectivity index (χ3v) is 2.64. The first kappa shape index (κ1) is 13.4. The van der Waals surface area contributed by atoms with Gasteiger partial charge in [-0.15, -0.1) is 0 Å². The molecule has 0 fully saturated rings. The van der Waals surface area contributed by atoms with Crippen LogP contribution < -0.4 is 10.1 Å². The highest BCUT2D eigenvalue weighted by atomic mass is 35.5. The third kappa shape index (κ3) is 3.96. The summed E-state index contributed by atoms with van der Waals surface area (Å²) in [5, 5.41) is 3.28. The number of hydrogen-bond acceptors (Lipinski definition) is 3. The van der Waals surface area contributed by atoms with Crippen molar-refractivity contribution in [2.24, 2.45) is 0 Å². The summed E-state index contributed by atoms with van der Waals surface area (Å²) >= 11 is 5.85. The van der Waals surface area contributed by atoms with Crippen LogP contribution in [0.1, 0.15) is 6.92 Å². The molecule has 0 aliphatic carbocycles. The highest BCUT2D eigenvalue weighted by Gasteiger charge is 2.14. The van der Waals surface area contributed by atoms with E-state index in [0.29, 0.717) is 16.5 Å². The summed E-state index contributed by atoms with van der Waals surface area (Å²) in [7, 11) is 0. The number of hydrogen-bond donors (Lipinski definition) is 1. The molecule has 0 aliphatic rings. The van der Waals surface area contributed by atoms with E-state index in [1.165, 1.54) is 0 Å². The van der Waals surface area contributed by atoms with Crippen LogP contribution in [0.2, 0.25) is 5.02 Å². The Morgan fingerprint density at radius 1 is 1.37 bits per heavy atom. The van der Waals surface area contributed by atoms with Crippen molar-refractivity contribution in [1.82, 2.24) is 4.98 Å². The van der Waals surface area contributed by atoms with Gasteiger partial charge < -0.3 is 10.1 Å². The lowest BCUT2D eigenvalue weighted by Gasteiger charge is -2.14.